The van der Waals surface area contributed by atoms with E-state index in [9.17, 15) is 8.42 Å². The number of rotatable bonds is 6. The molecule has 0 radical (unpaired) electrons. The number of hydrogen-bond acceptors (Lipinski definition) is 3. The fraction of sp³-hybridized carbons (Fsp3) is 0.647. The van der Waals surface area contributed by atoms with Crippen LogP contribution in [0, 0.1) is 5.92 Å². The van der Waals surface area contributed by atoms with Gasteiger partial charge in [0, 0.05) is 19.1 Å². The maximum absolute atomic E-state index is 12.7. The molecule has 1 heterocycles. The maximum Gasteiger partial charge on any atom is 0.279 e. The van der Waals surface area contributed by atoms with E-state index in [-0.39, 0.29) is 12.1 Å². The SMILES string of the molecule is C[C@@H]1CCCN(S(=O)(=O)N[C@H](C)[C@@H](c2ccccc2)N(C)C)C1. The Kier molecular flexibility index (Phi) is 6.19. The van der Waals surface area contributed by atoms with Crippen molar-refractivity contribution in [1.29, 1.82) is 0 Å². The van der Waals surface area contributed by atoms with E-state index in [0.29, 0.717) is 19.0 Å². The summed E-state index contributed by atoms with van der Waals surface area (Å²) in [5, 5.41) is 0. The Bertz CT molecular complexity index is 589. The predicted molar refractivity (Wildman–Crippen MR) is 94.4 cm³/mol. The van der Waals surface area contributed by atoms with E-state index in [4.69, 9.17) is 0 Å². The molecule has 0 spiro atoms. The third kappa shape index (κ3) is 4.76. The molecule has 6 heteroatoms. The van der Waals surface area contributed by atoms with Gasteiger partial charge in [-0.05, 0) is 45.3 Å². The van der Waals surface area contributed by atoms with Gasteiger partial charge < -0.3 is 4.90 Å². The minimum Gasteiger partial charge on any atom is -0.301 e. The number of nitrogens with one attached hydrogen (secondary N) is 1. The van der Waals surface area contributed by atoms with E-state index >= 15 is 0 Å². The van der Waals surface area contributed by atoms with Gasteiger partial charge in [-0.1, -0.05) is 37.3 Å². The number of benzene rings is 1. The van der Waals surface area contributed by atoms with Gasteiger partial charge >= 0.3 is 0 Å². The summed E-state index contributed by atoms with van der Waals surface area (Å²) < 4.78 is 29.9. The van der Waals surface area contributed by atoms with Crippen molar-refractivity contribution >= 4 is 10.2 Å². The molecule has 0 bridgehead atoms. The zero-order chi connectivity index (χ0) is 17.0. The molecule has 1 aliphatic heterocycles. The van der Waals surface area contributed by atoms with Crippen LogP contribution in [0.3, 0.4) is 0 Å². The van der Waals surface area contributed by atoms with Crippen molar-refractivity contribution < 1.29 is 8.42 Å². The maximum atomic E-state index is 12.7. The van der Waals surface area contributed by atoms with Gasteiger partial charge in [-0.15, -0.1) is 0 Å². The molecule has 0 saturated carbocycles. The van der Waals surface area contributed by atoms with Crippen molar-refractivity contribution in [3.63, 3.8) is 0 Å². The van der Waals surface area contributed by atoms with E-state index < -0.39 is 10.2 Å². The molecule has 5 nitrogen and oxygen atoms in total. The molecule has 1 fully saturated rings. The van der Waals surface area contributed by atoms with Gasteiger partial charge in [-0.3, -0.25) is 0 Å². The highest BCUT2D eigenvalue weighted by atomic mass is 32.2. The van der Waals surface area contributed by atoms with Crippen LogP contribution in [0.2, 0.25) is 0 Å². The van der Waals surface area contributed by atoms with Crippen LogP contribution in [-0.2, 0) is 10.2 Å². The van der Waals surface area contributed by atoms with Gasteiger partial charge in [0.25, 0.3) is 10.2 Å². The molecule has 0 unspecified atom stereocenters. The van der Waals surface area contributed by atoms with Gasteiger partial charge in [0.2, 0.25) is 0 Å². The molecule has 1 N–H and O–H groups in total. The first kappa shape index (κ1) is 18.4. The Labute approximate surface area is 140 Å². The lowest BCUT2D eigenvalue weighted by Gasteiger charge is -2.35. The first-order chi connectivity index (χ1) is 10.8. The quantitative estimate of drug-likeness (QED) is 0.865. The smallest absolute Gasteiger partial charge is 0.279 e. The highest BCUT2D eigenvalue weighted by molar-refractivity contribution is 7.87. The average molecular weight is 340 g/mol. The van der Waals surface area contributed by atoms with Crippen LogP contribution in [0.1, 0.15) is 38.3 Å². The van der Waals surface area contributed by atoms with E-state index in [1.807, 2.05) is 51.4 Å². The minimum absolute atomic E-state index is 0.00631. The monoisotopic (exact) mass is 339 g/mol. The first-order valence-electron chi connectivity index (χ1n) is 8.30. The van der Waals surface area contributed by atoms with Crippen molar-refractivity contribution in [2.45, 2.75) is 38.8 Å². The summed E-state index contributed by atoms with van der Waals surface area (Å²) in [5.74, 6) is 0.425. The summed E-state index contributed by atoms with van der Waals surface area (Å²) in [4.78, 5) is 2.06. The second-order valence-corrected chi connectivity index (χ2v) is 8.54. The van der Waals surface area contributed by atoms with Crippen LogP contribution in [0.15, 0.2) is 30.3 Å². The Morgan fingerprint density at radius 2 is 1.91 bits per heavy atom. The van der Waals surface area contributed by atoms with Crippen molar-refractivity contribution in [1.82, 2.24) is 13.9 Å². The van der Waals surface area contributed by atoms with Crippen molar-refractivity contribution in [2.75, 3.05) is 27.2 Å². The van der Waals surface area contributed by atoms with Gasteiger partial charge in [0.15, 0.2) is 0 Å². The third-order valence-electron chi connectivity index (χ3n) is 4.47. The Hall–Kier alpha value is -0.950. The van der Waals surface area contributed by atoms with Crippen LogP contribution in [0.4, 0.5) is 0 Å². The number of piperidine rings is 1. The molecule has 1 aromatic rings. The van der Waals surface area contributed by atoms with E-state index in [0.717, 1.165) is 18.4 Å². The van der Waals surface area contributed by atoms with Gasteiger partial charge in [-0.2, -0.15) is 17.4 Å². The molecule has 23 heavy (non-hydrogen) atoms. The zero-order valence-electron chi connectivity index (χ0n) is 14.6. The number of nitrogens with zero attached hydrogens (tertiary/aromatic N) is 2. The molecule has 130 valence electrons. The summed E-state index contributed by atoms with van der Waals surface area (Å²) >= 11 is 0. The summed E-state index contributed by atoms with van der Waals surface area (Å²) in [6, 6.07) is 9.80. The molecule has 2 rings (SSSR count). The molecular formula is C17H29N3O2S. The van der Waals surface area contributed by atoms with Gasteiger partial charge in [-0.25, -0.2) is 0 Å². The molecule has 0 aliphatic carbocycles. The zero-order valence-corrected chi connectivity index (χ0v) is 15.4. The Morgan fingerprint density at radius 3 is 2.48 bits per heavy atom. The molecule has 1 aliphatic rings. The van der Waals surface area contributed by atoms with Gasteiger partial charge in [0.1, 0.15) is 0 Å². The largest absolute Gasteiger partial charge is 0.301 e. The molecule has 0 aromatic heterocycles. The summed E-state index contributed by atoms with van der Waals surface area (Å²) in [6.07, 6.45) is 2.04. The highest BCUT2D eigenvalue weighted by Gasteiger charge is 2.31. The van der Waals surface area contributed by atoms with Crippen LogP contribution in [-0.4, -0.2) is 50.8 Å². The average Bonchev–Trinajstić information content (AvgIpc) is 2.47. The van der Waals surface area contributed by atoms with Crippen LogP contribution in [0.5, 0.6) is 0 Å². The molecular weight excluding hydrogens is 310 g/mol. The number of likely N-dealkylation sites (N-methyl/N-ethyl adjacent to an activating group) is 1. The highest BCUT2D eigenvalue weighted by Crippen LogP contribution is 2.24. The van der Waals surface area contributed by atoms with E-state index in [2.05, 4.69) is 16.5 Å². The summed E-state index contributed by atoms with van der Waals surface area (Å²) in [7, 11) is 0.510. The third-order valence-corrected chi connectivity index (χ3v) is 6.15. The lowest BCUT2D eigenvalue weighted by atomic mass is 10.0. The first-order valence-corrected chi connectivity index (χ1v) is 9.74. The lowest BCUT2D eigenvalue weighted by Crippen LogP contribution is -2.50. The summed E-state index contributed by atoms with van der Waals surface area (Å²) in [5.41, 5.74) is 1.11. The van der Waals surface area contributed by atoms with Crippen molar-refractivity contribution in [2.24, 2.45) is 5.92 Å². The van der Waals surface area contributed by atoms with Crippen LogP contribution in [0.25, 0.3) is 0 Å². The van der Waals surface area contributed by atoms with Crippen LogP contribution < -0.4 is 4.72 Å². The Morgan fingerprint density at radius 1 is 1.26 bits per heavy atom. The standard InChI is InChI=1S/C17H29N3O2S/c1-14-9-8-12-20(13-14)23(21,22)18-15(2)17(19(3)4)16-10-6-5-7-11-16/h5-7,10-11,14-15,17-18H,8-9,12-13H2,1-4H3/t14-,15-,17+/m1/s1. The van der Waals surface area contributed by atoms with E-state index in [1.54, 1.807) is 4.31 Å². The molecule has 0 amide bonds. The minimum atomic E-state index is -3.45. The van der Waals surface area contributed by atoms with Crippen molar-refractivity contribution in [3.05, 3.63) is 35.9 Å². The normalized spacial score (nSPS) is 22.9. The van der Waals surface area contributed by atoms with E-state index in [1.165, 1.54) is 0 Å². The van der Waals surface area contributed by atoms with Gasteiger partial charge in [0.05, 0.1) is 6.04 Å². The summed E-state index contributed by atoms with van der Waals surface area (Å²) in [6.45, 7) is 5.27. The lowest BCUT2D eigenvalue weighted by molar-refractivity contribution is 0.245. The fourth-order valence-electron chi connectivity index (χ4n) is 3.42. The predicted octanol–water partition coefficient (Wildman–Crippen LogP) is 2.24. The number of hydrogen-bond donors (Lipinski definition) is 1. The fourth-order valence-corrected chi connectivity index (χ4v) is 4.99. The molecule has 1 aromatic carbocycles. The Balaban J connectivity index is 2.13. The second kappa shape index (κ2) is 7.75. The van der Waals surface area contributed by atoms with Crippen LogP contribution >= 0.6 is 0 Å². The molecule has 1 saturated heterocycles. The topological polar surface area (TPSA) is 52.7 Å². The second-order valence-electron chi connectivity index (χ2n) is 6.84. The van der Waals surface area contributed by atoms with Crippen molar-refractivity contribution in [3.8, 4) is 0 Å². The molecule has 3 atom stereocenters.